The lowest BCUT2D eigenvalue weighted by atomic mass is 9.99. The van der Waals surface area contributed by atoms with Gasteiger partial charge in [0.05, 0.1) is 32.5 Å². The van der Waals surface area contributed by atoms with Crippen LogP contribution in [0.1, 0.15) is 22.9 Å². The normalized spacial score (nSPS) is 22.5. The van der Waals surface area contributed by atoms with Crippen molar-refractivity contribution in [3.05, 3.63) is 104 Å². The van der Waals surface area contributed by atoms with E-state index in [2.05, 4.69) is 4.98 Å². The molecule has 4 atom stereocenters. The highest BCUT2D eigenvalue weighted by molar-refractivity contribution is 5.14. The average molecular weight is 453 g/mol. The summed E-state index contributed by atoms with van der Waals surface area (Å²) in [4.78, 5) is 26.4. The maximum Gasteiger partial charge on any atom is 0.330 e. The average Bonchev–Trinajstić information content (AvgIpc) is 3.13. The van der Waals surface area contributed by atoms with Gasteiger partial charge in [0.1, 0.15) is 6.10 Å². The van der Waals surface area contributed by atoms with Gasteiger partial charge in [0.15, 0.2) is 6.23 Å². The first-order chi connectivity index (χ1) is 16.0. The second-order valence-electron chi connectivity index (χ2n) is 8.20. The molecular weight excluding hydrogens is 424 g/mol. The molecule has 2 N–H and O–H groups in total. The second-order valence-corrected chi connectivity index (χ2v) is 8.20. The minimum atomic E-state index is -1.02. The Morgan fingerprint density at radius 3 is 2.12 bits per heavy atom. The lowest BCUT2D eigenvalue weighted by Crippen LogP contribution is -2.38. The van der Waals surface area contributed by atoms with Crippen molar-refractivity contribution in [2.45, 2.75) is 38.6 Å². The molecule has 1 aliphatic rings. The largest absolute Gasteiger partial charge is 0.388 e. The van der Waals surface area contributed by atoms with E-state index in [1.54, 1.807) is 6.92 Å². The predicted molar refractivity (Wildman–Crippen MR) is 122 cm³/mol. The zero-order valence-corrected chi connectivity index (χ0v) is 18.4. The number of nitrogens with zero attached hydrogens (tertiary/aromatic N) is 1. The van der Waals surface area contributed by atoms with Gasteiger partial charge in [0.25, 0.3) is 5.56 Å². The molecule has 0 amide bonds. The van der Waals surface area contributed by atoms with E-state index in [0.29, 0.717) is 18.8 Å². The number of aromatic amines is 1. The third-order valence-corrected chi connectivity index (χ3v) is 5.76. The van der Waals surface area contributed by atoms with E-state index in [4.69, 9.17) is 14.2 Å². The smallest absolute Gasteiger partial charge is 0.330 e. The van der Waals surface area contributed by atoms with Gasteiger partial charge in [0, 0.05) is 17.7 Å². The van der Waals surface area contributed by atoms with Gasteiger partial charge in [-0.3, -0.25) is 14.3 Å². The van der Waals surface area contributed by atoms with Crippen LogP contribution in [0.25, 0.3) is 0 Å². The van der Waals surface area contributed by atoms with Crippen LogP contribution in [0.5, 0.6) is 0 Å². The highest BCUT2D eigenvalue weighted by atomic mass is 16.6. The first-order valence-corrected chi connectivity index (χ1v) is 10.9. The summed E-state index contributed by atoms with van der Waals surface area (Å²) in [6.07, 6.45) is -1.06. The molecule has 2 heterocycles. The molecule has 4 rings (SSSR count). The monoisotopic (exact) mass is 452 g/mol. The number of hydrogen-bond acceptors (Lipinski definition) is 6. The molecule has 3 aromatic rings. The zero-order chi connectivity index (χ0) is 23.2. The Bertz CT molecular complexity index is 1140. The van der Waals surface area contributed by atoms with E-state index in [1.165, 1.54) is 10.8 Å². The third-order valence-electron chi connectivity index (χ3n) is 5.76. The summed E-state index contributed by atoms with van der Waals surface area (Å²) >= 11 is 0. The van der Waals surface area contributed by atoms with Crippen molar-refractivity contribution in [3.8, 4) is 0 Å². The molecule has 0 spiro atoms. The standard InChI is InChI=1S/C25H28N2O6/c1-17-12-27(25(30)26-23(17)29)24-22(28)20(15-31-13-18-8-4-2-5-9-18)21(33-24)16-32-14-19-10-6-3-7-11-19/h2-12,20-22,24,28H,13-16H2,1H3,(H,26,29,30)/t20-,21-,22-,24-/m1/s1. The molecule has 0 unspecified atom stereocenters. The van der Waals surface area contributed by atoms with Crippen LogP contribution in [-0.2, 0) is 27.4 Å². The molecular formula is C25H28N2O6. The van der Waals surface area contributed by atoms with Crippen molar-refractivity contribution in [2.75, 3.05) is 13.2 Å². The number of aromatic nitrogens is 2. The number of nitrogens with one attached hydrogen (secondary N) is 1. The Hall–Kier alpha value is -3.04. The Balaban J connectivity index is 1.47. The molecule has 8 nitrogen and oxygen atoms in total. The van der Waals surface area contributed by atoms with Gasteiger partial charge >= 0.3 is 5.69 Å². The molecule has 1 aromatic heterocycles. The first-order valence-electron chi connectivity index (χ1n) is 10.9. The van der Waals surface area contributed by atoms with Crippen molar-refractivity contribution in [3.63, 3.8) is 0 Å². The quantitative estimate of drug-likeness (QED) is 0.516. The lowest BCUT2D eigenvalue weighted by Gasteiger charge is -2.20. The molecule has 1 saturated heterocycles. The van der Waals surface area contributed by atoms with Crippen molar-refractivity contribution in [2.24, 2.45) is 5.92 Å². The maximum absolute atomic E-state index is 12.4. The Labute approximate surface area is 191 Å². The lowest BCUT2D eigenvalue weighted by molar-refractivity contribution is -0.0694. The van der Waals surface area contributed by atoms with E-state index in [-0.39, 0.29) is 13.2 Å². The Kier molecular flexibility index (Phi) is 7.51. The molecule has 33 heavy (non-hydrogen) atoms. The van der Waals surface area contributed by atoms with Crippen LogP contribution in [0.4, 0.5) is 0 Å². The fourth-order valence-corrected chi connectivity index (χ4v) is 3.92. The van der Waals surface area contributed by atoms with Gasteiger partial charge in [-0.2, -0.15) is 0 Å². The molecule has 0 aliphatic carbocycles. The second kappa shape index (κ2) is 10.7. The number of H-pyrrole nitrogens is 1. The summed E-state index contributed by atoms with van der Waals surface area (Å²) in [6, 6.07) is 19.5. The van der Waals surface area contributed by atoms with Gasteiger partial charge in [-0.05, 0) is 18.1 Å². The van der Waals surface area contributed by atoms with Crippen LogP contribution in [0.15, 0.2) is 76.4 Å². The molecule has 8 heteroatoms. The number of aliphatic hydroxyl groups excluding tert-OH is 1. The van der Waals surface area contributed by atoms with Crippen LogP contribution in [0.3, 0.4) is 0 Å². The summed E-state index contributed by atoms with van der Waals surface area (Å²) in [7, 11) is 0. The van der Waals surface area contributed by atoms with Gasteiger partial charge < -0.3 is 19.3 Å². The number of aliphatic hydroxyl groups is 1. The maximum atomic E-state index is 12.4. The molecule has 2 aromatic carbocycles. The van der Waals surface area contributed by atoms with E-state index in [0.717, 1.165) is 11.1 Å². The highest BCUT2D eigenvalue weighted by Crippen LogP contribution is 2.34. The van der Waals surface area contributed by atoms with Gasteiger partial charge in [0.2, 0.25) is 0 Å². The first kappa shape index (κ1) is 23.1. The molecule has 0 radical (unpaired) electrons. The zero-order valence-electron chi connectivity index (χ0n) is 18.4. The minimum Gasteiger partial charge on any atom is -0.388 e. The molecule has 174 valence electrons. The molecule has 1 aliphatic heterocycles. The summed E-state index contributed by atoms with van der Waals surface area (Å²) in [6.45, 7) is 2.83. The number of aryl methyl sites for hydroxylation is 1. The summed E-state index contributed by atoms with van der Waals surface area (Å²) < 4.78 is 19.1. The Morgan fingerprint density at radius 2 is 1.52 bits per heavy atom. The van der Waals surface area contributed by atoms with Crippen LogP contribution >= 0.6 is 0 Å². The van der Waals surface area contributed by atoms with Crippen molar-refractivity contribution < 1.29 is 19.3 Å². The Morgan fingerprint density at radius 1 is 0.939 bits per heavy atom. The number of rotatable bonds is 9. The van der Waals surface area contributed by atoms with E-state index in [1.807, 2.05) is 60.7 Å². The summed E-state index contributed by atoms with van der Waals surface area (Å²) in [5.41, 5.74) is 1.30. The van der Waals surface area contributed by atoms with Gasteiger partial charge in [-0.25, -0.2) is 4.79 Å². The summed E-state index contributed by atoms with van der Waals surface area (Å²) in [5.74, 6) is -0.423. The van der Waals surface area contributed by atoms with E-state index in [9.17, 15) is 14.7 Å². The number of benzene rings is 2. The SMILES string of the molecule is Cc1cn([C@@H]2O[C@H](COCc3ccccc3)[C@@H](COCc3ccccc3)[C@H]2O)c(=O)[nH]c1=O. The van der Waals surface area contributed by atoms with Gasteiger partial charge in [-0.15, -0.1) is 0 Å². The highest BCUT2D eigenvalue weighted by Gasteiger charge is 2.45. The van der Waals surface area contributed by atoms with Crippen LogP contribution in [-0.4, -0.2) is 40.1 Å². The van der Waals surface area contributed by atoms with Crippen LogP contribution in [0, 0.1) is 12.8 Å². The minimum absolute atomic E-state index is 0.221. The third kappa shape index (κ3) is 5.66. The van der Waals surface area contributed by atoms with E-state index < -0.39 is 35.6 Å². The molecule has 0 saturated carbocycles. The van der Waals surface area contributed by atoms with Crippen LogP contribution in [0.2, 0.25) is 0 Å². The number of hydrogen-bond donors (Lipinski definition) is 2. The van der Waals surface area contributed by atoms with Crippen molar-refractivity contribution >= 4 is 0 Å². The fraction of sp³-hybridized carbons (Fsp3) is 0.360. The van der Waals surface area contributed by atoms with Crippen molar-refractivity contribution in [1.82, 2.24) is 9.55 Å². The van der Waals surface area contributed by atoms with E-state index >= 15 is 0 Å². The topological polar surface area (TPSA) is 103 Å². The van der Waals surface area contributed by atoms with Crippen LogP contribution < -0.4 is 11.2 Å². The van der Waals surface area contributed by atoms with Crippen molar-refractivity contribution in [1.29, 1.82) is 0 Å². The fourth-order valence-electron chi connectivity index (χ4n) is 3.92. The van der Waals surface area contributed by atoms with Gasteiger partial charge in [-0.1, -0.05) is 60.7 Å². The number of ether oxygens (including phenoxy) is 3. The molecule has 0 bridgehead atoms. The molecule has 1 fully saturated rings. The summed E-state index contributed by atoms with van der Waals surface area (Å²) in [5, 5.41) is 11.1. The predicted octanol–water partition coefficient (Wildman–Crippen LogP) is 2.15.